The molecule has 0 aliphatic heterocycles. The van der Waals surface area contributed by atoms with E-state index in [4.69, 9.17) is 22.1 Å². The Kier molecular flexibility index (Phi) is 4.36. The van der Waals surface area contributed by atoms with Crippen LogP contribution in [0.1, 0.15) is 10.6 Å². The van der Waals surface area contributed by atoms with E-state index in [1.807, 2.05) is 23.6 Å². The summed E-state index contributed by atoms with van der Waals surface area (Å²) in [4.78, 5) is 4.17. The van der Waals surface area contributed by atoms with E-state index < -0.39 is 0 Å². The first-order valence-corrected chi connectivity index (χ1v) is 6.55. The van der Waals surface area contributed by atoms with Crippen molar-refractivity contribution in [3.8, 4) is 5.75 Å². The van der Waals surface area contributed by atoms with Gasteiger partial charge in [-0.3, -0.25) is 0 Å². The molecule has 2 aromatic rings. The zero-order chi connectivity index (χ0) is 12.1. The molecule has 1 aromatic heterocycles. The highest BCUT2D eigenvalue weighted by Gasteiger charge is 2.05. The van der Waals surface area contributed by atoms with Gasteiger partial charge in [-0.2, -0.15) is 0 Å². The van der Waals surface area contributed by atoms with Crippen LogP contribution in [-0.4, -0.2) is 11.5 Å². The highest BCUT2D eigenvalue weighted by molar-refractivity contribution is 7.09. The summed E-state index contributed by atoms with van der Waals surface area (Å²) >= 11 is 7.52. The van der Waals surface area contributed by atoms with Gasteiger partial charge in [0.15, 0.2) is 0 Å². The van der Waals surface area contributed by atoms with Crippen LogP contribution in [0.4, 0.5) is 0 Å². The van der Waals surface area contributed by atoms with E-state index in [0.29, 0.717) is 18.2 Å². The first kappa shape index (κ1) is 12.4. The summed E-state index contributed by atoms with van der Waals surface area (Å²) in [5, 5.41) is 3.59. The molecular weight excluding hydrogens is 256 g/mol. The van der Waals surface area contributed by atoms with Crippen molar-refractivity contribution in [2.75, 3.05) is 6.54 Å². The summed E-state index contributed by atoms with van der Waals surface area (Å²) in [6.45, 7) is 1.06. The van der Waals surface area contributed by atoms with Crippen molar-refractivity contribution in [3.63, 3.8) is 0 Å². The predicted octanol–water partition coefficient (Wildman–Crippen LogP) is 2.88. The van der Waals surface area contributed by atoms with Crippen LogP contribution in [-0.2, 0) is 13.0 Å². The van der Waals surface area contributed by atoms with E-state index in [9.17, 15) is 0 Å². The molecule has 0 fully saturated rings. The van der Waals surface area contributed by atoms with E-state index in [1.165, 1.54) is 0 Å². The van der Waals surface area contributed by atoms with E-state index in [2.05, 4.69) is 4.98 Å². The third-order valence-corrected chi connectivity index (χ3v) is 3.26. The third kappa shape index (κ3) is 3.43. The molecule has 2 rings (SSSR count). The molecule has 5 heteroatoms. The zero-order valence-corrected chi connectivity index (χ0v) is 10.8. The highest BCUT2D eigenvalue weighted by Crippen LogP contribution is 2.24. The largest absolute Gasteiger partial charge is 0.486 e. The third-order valence-electron chi connectivity index (χ3n) is 2.27. The average molecular weight is 269 g/mol. The lowest BCUT2D eigenvalue weighted by atomic mass is 10.1. The van der Waals surface area contributed by atoms with Crippen LogP contribution in [0.3, 0.4) is 0 Å². The molecule has 0 spiro atoms. The van der Waals surface area contributed by atoms with Gasteiger partial charge in [-0.25, -0.2) is 4.98 Å². The number of nitrogens with two attached hydrogens (primary N) is 1. The zero-order valence-electron chi connectivity index (χ0n) is 9.23. The van der Waals surface area contributed by atoms with Gasteiger partial charge in [0.2, 0.25) is 0 Å². The Balaban J connectivity index is 2.08. The lowest BCUT2D eigenvalue weighted by molar-refractivity contribution is 0.302. The molecule has 0 aliphatic carbocycles. The van der Waals surface area contributed by atoms with Crippen molar-refractivity contribution in [3.05, 3.63) is 45.4 Å². The number of hydrogen-bond acceptors (Lipinski definition) is 4. The summed E-state index contributed by atoms with van der Waals surface area (Å²) in [5.74, 6) is 0.829. The Hall–Kier alpha value is -1.10. The van der Waals surface area contributed by atoms with Crippen molar-refractivity contribution in [1.29, 1.82) is 0 Å². The molecule has 3 nitrogen and oxygen atoms in total. The van der Waals surface area contributed by atoms with Crippen molar-refractivity contribution in [1.82, 2.24) is 4.98 Å². The molecule has 17 heavy (non-hydrogen) atoms. The van der Waals surface area contributed by atoms with Crippen LogP contribution < -0.4 is 10.5 Å². The molecule has 1 aromatic carbocycles. The minimum atomic E-state index is 0.483. The Morgan fingerprint density at radius 3 is 3.00 bits per heavy atom. The van der Waals surface area contributed by atoms with Crippen LogP contribution in [0, 0.1) is 0 Å². The molecule has 1 heterocycles. The lowest BCUT2D eigenvalue weighted by Gasteiger charge is -2.10. The van der Waals surface area contributed by atoms with E-state index in [1.54, 1.807) is 17.5 Å². The molecule has 0 radical (unpaired) electrons. The second-order valence-electron chi connectivity index (χ2n) is 3.51. The summed E-state index contributed by atoms with van der Waals surface area (Å²) in [6.07, 6.45) is 2.53. The summed E-state index contributed by atoms with van der Waals surface area (Å²) < 4.78 is 5.72. The van der Waals surface area contributed by atoms with Crippen LogP contribution >= 0.6 is 22.9 Å². The molecule has 0 saturated heterocycles. The van der Waals surface area contributed by atoms with Gasteiger partial charge in [0.05, 0.1) is 0 Å². The maximum absolute atomic E-state index is 5.95. The van der Waals surface area contributed by atoms with Crippen molar-refractivity contribution >= 4 is 22.9 Å². The standard InChI is InChI=1S/C12H13ClN2OS/c13-10-1-2-11(9(7-10)3-4-14)16-8-12-15-5-6-17-12/h1-2,5-7H,3-4,8,14H2. The maximum atomic E-state index is 5.95. The summed E-state index contributed by atoms with van der Waals surface area (Å²) in [6, 6.07) is 5.59. The SMILES string of the molecule is NCCc1cc(Cl)ccc1OCc1nccs1. The minimum Gasteiger partial charge on any atom is -0.486 e. The first-order valence-electron chi connectivity index (χ1n) is 5.29. The van der Waals surface area contributed by atoms with Gasteiger partial charge in [-0.15, -0.1) is 11.3 Å². The van der Waals surface area contributed by atoms with Gasteiger partial charge >= 0.3 is 0 Å². The molecule has 0 bridgehead atoms. The van der Waals surface area contributed by atoms with Crippen LogP contribution in [0.25, 0.3) is 0 Å². The fourth-order valence-electron chi connectivity index (χ4n) is 1.50. The number of hydrogen-bond donors (Lipinski definition) is 1. The van der Waals surface area contributed by atoms with Crippen LogP contribution in [0.2, 0.25) is 5.02 Å². The summed E-state index contributed by atoms with van der Waals surface area (Å²) in [5.41, 5.74) is 6.60. The number of aromatic nitrogens is 1. The Bertz CT molecular complexity index is 473. The predicted molar refractivity (Wildman–Crippen MR) is 70.7 cm³/mol. The molecule has 0 atom stereocenters. The number of halogens is 1. The minimum absolute atomic E-state index is 0.483. The van der Waals surface area contributed by atoms with Crippen molar-refractivity contribution in [2.45, 2.75) is 13.0 Å². The topological polar surface area (TPSA) is 48.1 Å². The monoisotopic (exact) mass is 268 g/mol. The van der Waals surface area contributed by atoms with Gasteiger partial charge in [0, 0.05) is 16.6 Å². The fraction of sp³-hybridized carbons (Fsp3) is 0.250. The molecule has 0 amide bonds. The normalized spacial score (nSPS) is 10.5. The number of benzene rings is 1. The summed E-state index contributed by atoms with van der Waals surface area (Å²) in [7, 11) is 0. The average Bonchev–Trinajstić information content (AvgIpc) is 2.81. The number of ether oxygens (including phenoxy) is 1. The van der Waals surface area contributed by atoms with E-state index in [0.717, 1.165) is 22.7 Å². The molecule has 90 valence electrons. The number of nitrogens with zero attached hydrogens (tertiary/aromatic N) is 1. The quantitative estimate of drug-likeness (QED) is 0.907. The number of thiazole rings is 1. The number of rotatable bonds is 5. The molecular formula is C12H13ClN2OS. The fourth-order valence-corrected chi connectivity index (χ4v) is 2.23. The second-order valence-corrected chi connectivity index (χ2v) is 4.92. The van der Waals surface area contributed by atoms with Crippen LogP contribution in [0.15, 0.2) is 29.8 Å². The van der Waals surface area contributed by atoms with E-state index >= 15 is 0 Å². The van der Waals surface area contributed by atoms with Gasteiger partial charge in [0.25, 0.3) is 0 Å². The van der Waals surface area contributed by atoms with Crippen LogP contribution in [0.5, 0.6) is 5.75 Å². The molecule has 0 unspecified atom stereocenters. The smallest absolute Gasteiger partial charge is 0.140 e. The highest BCUT2D eigenvalue weighted by atomic mass is 35.5. The van der Waals surface area contributed by atoms with Crippen molar-refractivity contribution in [2.24, 2.45) is 5.73 Å². The Morgan fingerprint density at radius 1 is 1.41 bits per heavy atom. The molecule has 2 N–H and O–H groups in total. The molecule has 0 saturated carbocycles. The Morgan fingerprint density at radius 2 is 2.29 bits per heavy atom. The van der Waals surface area contributed by atoms with Crippen molar-refractivity contribution < 1.29 is 4.74 Å². The molecule has 0 aliphatic rings. The Labute approximate surface area is 109 Å². The van der Waals surface area contributed by atoms with Gasteiger partial charge in [0.1, 0.15) is 17.4 Å². The van der Waals surface area contributed by atoms with Gasteiger partial charge in [-0.05, 0) is 36.7 Å². The van der Waals surface area contributed by atoms with Gasteiger partial charge < -0.3 is 10.5 Å². The lowest BCUT2D eigenvalue weighted by Crippen LogP contribution is -2.05. The maximum Gasteiger partial charge on any atom is 0.140 e. The van der Waals surface area contributed by atoms with Gasteiger partial charge in [-0.1, -0.05) is 11.6 Å². The second kappa shape index (κ2) is 6.00. The van der Waals surface area contributed by atoms with E-state index in [-0.39, 0.29) is 0 Å². The first-order chi connectivity index (χ1) is 8.29.